The Hall–Kier alpha value is -3.20. The van der Waals surface area contributed by atoms with Crippen LogP contribution in [0.25, 0.3) is 0 Å². The summed E-state index contributed by atoms with van der Waals surface area (Å²) in [6.45, 7) is 4.12. The van der Waals surface area contributed by atoms with Crippen LogP contribution in [0.3, 0.4) is 0 Å². The summed E-state index contributed by atoms with van der Waals surface area (Å²) in [6, 6.07) is 4.66. The van der Waals surface area contributed by atoms with Gasteiger partial charge in [0.05, 0.1) is 6.42 Å². The molecule has 1 atom stereocenters. The van der Waals surface area contributed by atoms with Crippen molar-refractivity contribution in [2.45, 2.75) is 38.8 Å². The highest BCUT2D eigenvalue weighted by atomic mass is 19.1. The lowest BCUT2D eigenvalue weighted by atomic mass is 10.00. The zero-order chi connectivity index (χ0) is 21.8. The number of esters is 2. The van der Waals surface area contributed by atoms with E-state index in [-0.39, 0.29) is 11.3 Å². The van der Waals surface area contributed by atoms with Gasteiger partial charge >= 0.3 is 11.9 Å². The molecule has 1 amide bonds. The van der Waals surface area contributed by atoms with Crippen LogP contribution in [-0.2, 0) is 25.5 Å². The third-order valence-corrected chi connectivity index (χ3v) is 4.07. The molecule has 9 heteroatoms. The first kappa shape index (κ1) is 22.1. The van der Waals surface area contributed by atoms with Gasteiger partial charge in [-0.05, 0) is 50.6 Å². The number of hydrogen-bond donors (Lipinski definition) is 1. The maximum Gasteiger partial charge on any atom is 0.339 e. The summed E-state index contributed by atoms with van der Waals surface area (Å²) in [5.74, 6) is -4.25. The van der Waals surface area contributed by atoms with Gasteiger partial charge in [-0.1, -0.05) is 0 Å². The minimum Gasteiger partial charge on any atom is -0.390 e. The number of pyridine rings is 1. The lowest BCUT2D eigenvalue weighted by Crippen LogP contribution is -2.55. The number of nitrogens with zero attached hydrogens (tertiary/aromatic N) is 2. The smallest absolute Gasteiger partial charge is 0.339 e. The number of anilines is 1. The average Bonchev–Trinajstić information content (AvgIpc) is 2.61. The summed E-state index contributed by atoms with van der Waals surface area (Å²) >= 11 is 0. The molecule has 2 aromatic rings. The number of ether oxygens (including phenoxy) is 1. The highest BCUT2D eigenvalue weighted by Crippen LogP contribution is 2.26. The third-order valence-electron chi connectivity index (χ3n) is 4.07. The van der Waals surface area contributed by atoms with E-state index in [1.807, 2.05) is 0 Å². The maximum absolute atomic E-state index is 13.5. The number of carbonyl (C=O) groups is 3. The molecule has 1 aromatic carbocycles. The van der Waals surface area contributed by atoms with Crippen molar-refractivity contribution in [3.63, 3.8) is 0 Å². The second-order valence-corrected chi connectivity index (χ2v) is 6.95. The Morgan fingerprint density at radius 2 is 1.69 bits per heavy atom. The second-order valence-electron chi connectivity index (χ2n) is 6.95. The van der Waals surface area contributed by atoms with Gasteiger partial charge in [-0.25, -0.2) is 18.4 Å². The van der Waals surface area contributed by atoms with Crippen LogP contribution in [-0.4, -0.2) is 34.4 Å². The first-order valence-corrected chi connectivity index (χ1v) is 8.72. The summed E-state index contributed by atoms with van der Waals surface area (Å²) in [5, 5.41) is 0. The molecule has 1 aromatic heterocycles. The number of halogens is 2. The number of rotatable bonds is 6. The molecule has 2 rings (SSSR count). The summed E-state index contributed by atoms with van der Waals surface area (Å²) < 4.78 is 31.8. The second kappa shape index (κ2) is 8.87. The van der Waals surface area contributed by atoms with E-state index in [4.69, 9.17) is 10.5 Å². The molecule has 2 N–H and O–H groups in total. The van der Waals surface area contributed by atoms with Crippen LogP contribution in [0, 0.1) is 11.6 Å². The average molecular weight is 405 g/mol. The van der Waals surface area contributed by atoms with Crippen molar-refractivity contribution in [1.29, 1.82) is 0 Å². The molecule has 7 nitrogen and oxygen atoms in total. The lowest BCUT2D eigenvalue weighted by Gasteiger charge is -2.36. The standard InChI is InChI=1S/C20H21F2N3O4/c1-12(23)18(27)29-19(28)20(2,3)25(16-4-6-24-7-5-16)17(26)10-13-8-14(21)11-15(22)9-13/h4-9,11-12H,10,23H2,1-3H3/t12-/m0/s1. The number of carbonyl (C=O) groups excluding carboxylic acids is 3. The van der Waals surface area contributed by atoms with Crippen molar-refractivity contribution < 1.29 is 27.9 Å². The number of benzene rings is 1. The van der Waals surface area contributed by atoms with Gasteiger partial charge in [0.15, 0.2) is 0 Å². The van der Waals surface area contributed by atoms with E-state index in [2.05, 4.69) is 4.98 Å². The summed E-state index contributed by atoms with van der Waals surface area (Å²) in [5.41, 5.74) is 4.16. The largest absolute Gasteiger partial charge is 0.390 e. The molecule has 0 spiro atoms. The van der Waals surface area contributed by atoms with Crippen molar-refractivity contribution in [3.05, 3.63) is 59.9 Å². The molecule has 0 unspecified atom stereocenters. The van der Waals surface area contributed by atoms with Crippen molar-refractivity contribution in [1.82, 2.24) is 4.98 Å². The molecule has 0 bridgehead atoms. The normalized spacial score (nSPS) is 12.2. The molecule has 1 heterocycles. The van der Waals surface area contributed by atoms with Crippen LogP contribution >= 0.6 is 0 Å². The summed E-state index contributed by atoms with van der Waals surface area (Å²) in [6.07, 6.45) is 2.42. The van der Waals surface area contributed by atoms with Gasteiger partial charge in [-0.2, -0.15) is 0 Å². The van der Waals surface area contributed by atoms with E-state index in [9.17, 15) is 23.2 Å². The van der Waals surface area contributed by atoms with Crippen LogP contribution in [0.2, 0.25) is 0 Å². The topological polar surface area (TPSA) is 103 Å². The summed E-state index contributed by atoms with van der Waals surface area (Å²) in [7, 11) is 0. The SMILES string of the molecule is C[C@H](N)C(=O)OC(=O)C(C)(C)N(C(=O)Cc1cc(F)cc(F)c1)c1ccncc1. The first-order valence-electron chi connectivity index (χ1n) is 8.72. The van der Waals surface area contributed by atoms with Gasteiger partial charge < -0.3 is 10.5 Å². The van der Waals surface area contributed by atoms with Crippen molar-refractivity contribution >= 4 is 23.5 Å². The minimum absolute atomic E-state index is 0.0855. The Morgan fingerprint density at radius 3 is 2.21 bits per heavy atom. The fourth-order valence-corrected chi connectivity index (χ4v) is 2.64. The van der Waals surface area contributed by atoms with Gasteiger partial charge in [-0.15, -0.1) is 0 Å². The molecule has 154 valence electrons. The Morgan fingerprint density at radius 1 is 1.14 bits per heavy atom. The molecule has 0 radical (unpaired) electrons. The molecular formula is C20H21F2N3O4. The van der Waals surface area contributed by atoms with Crippen molar-refractivity contribution in [2.75, 3.05) is 4.90 Å². The Kier molecular flexibility index (Phi) is 6.76. The first-order chi connectivity index (χ1) is 13.5. The number of nitrogens with two attached hydrogens (primary N) is 1. The van der Waals surface area contributed by atoms with E-state index in [1.165, 1.54) is 45.3 Å². The van der Waals surface area contributed by atoms with E-state index in [0.717, 1.165) is 17.0 Å². The summed E-state index contributed by atoms with van der Waals surface area (Å²) in [4.78, 5) is 42.4. The highest BCUT2D eigenvalue weighted by Gasteiger charge is 2.41. The van der Waals surface area contributed by atoms with Gasteiger partial charge in [-0.3, -0.25) is 14.7 Å². The van der Waals surface area contributed by atoms with Crippen LogP contribution in [0.15, 0.2) is 42.7 Å². The van der Waals surface area contributed by atoms with Gasteiger partial charge in [0.1, 0.15) is 23.2 Å². The quantitative estimate of drug-likeness (QED) is 0.583. The highest BCUT2D eigenvalue weighted by molar-refractivity contribution is 6.04. The zero-order valence-electron chi connectivity index (χ0n) is 16.2. The van der Waals surface area contributed by atoms with Crippen molar-refractivity contribution in [2.24, 2.45) is 5.73 Å². The van der Waals surface area contributed by atoms with E-state index < -0.39 is 47.5 Å². The van der Waals surface area contributed by atoms with Gasteiger partial charge in [0, 0.05) is 24.1 Å². The molecular weight excluding hydrogens is 384 g/mol. The molecule has 0 aliphatic carbocycles. The molecule has 0 saturated carbocycles. The fourth-order valence-electron chi connectivity index (χ4n) is 2.64. The number of aromatic nitrogens is 1. The molecule has 29 heavy (non-hydrogen) atoms. The fraction of sp³-hybridized carbons (Fsp3) is 0.300. The predicted octanol–water partition coefficient (Wildman–Crippen LogP) is 2.13. The van der Waals surface area contributed by atoms with Crippen molar-refractivity contribution in [3.8, 4) is 0 Å². The Balaban J connectivity index is 2.40. The number of hydrogen-bond acceptors (Lipinski definition) is 6. The molecule has 0 saturated heterocycles. The van der Waals surface area contributed by atoms with Crippen LogP contribution in [0.1, 0.15) is 26.3 Å². The predicted molar refractivity (Wildman–Crippen MR) is 101 cm³/mol. The monoisotopic (exact) mass is 405 g/mol. The number of amides is 1. The van der Waals surface area contributed by atoms with E-state index in [1.54, 1.807) is 0 Å². The molecule has 0 fully saturated rings. The minimum atomic E-state index is -1.63. The maximum atomic E-state index is 13.5. The third kappa shape index (κ3) is 5.41. The van der Waals surface area contributed by atoms with Gasteiger partial charge in [0.2, 0.25) is 5.91 Å². The zero-order valence-corrected chi connectivity index (χ0v) is 16.2. The van der Waals surface area contributed by atoms with Gasteiger partial charge in [0.25, 0.3) is 0 Å². The Labute approximate surface area is 166 Å². The van der Waals surface area contributed by atoms with E-state index >= 15 is 0 Å². The van der Waals surface area contributed by atoms with Crippen LogP contribution in [0.4, 0.5) is 14.5 Å². The van der Waals surface area contributed by atoms with Crippen LogP contribution in [0.5, 0.6) is 0 Å². The van der Waals surface area contributed by atoms with Crippen LogP contribution < -0.4 is 10.6 Å². The molecule has 0 aliphatic rings. The Bertz CT molecular complexity index is 897. The lowest BCUT2D eigenvalue weighted by molar-refractivity contribution is -0.164. The van der Waals surface area contributed by atoms with E-state index in [0.29, 0.717) is 6.07 Å². The molecule has 0 aliphatic heterocycles.